The smallest absolute Gasteiger partial charge is 0.354 e. The summed E-state index contributed by atoms with van der Waals surface area (Å²) in [4.78, 5) is 12.9. The van der Waals surface area contributed by atoms with Crippen LogP contribution < -0.4 is 0 Å². The van der Waals surface area contributed by atoms with E-state index in [1.54, 1.807) is 6.33 Å². The molecule has 2 N–H and O–H groups in total. The van der Waals surface area contributed by atoms with E-state index < -0.39 is 5.97 Å². The van der Waals surface area contributed by atoms with Gasteiger partial charge in [0.2, 0.25) is 0 Å². The molecule has 19 heavy (non-hydrogen) atoms. The number of hydrogen-bond acceptors (Lipinski definition) is 5. The van der Waals surface area contributed by atoms with Crippen LogP contribution >= 0.6 is 0 Å². The number of nitrogens with one attached hydrogen (secondary N) is 1. The van der Waals surface area contributed by atoms with Crippen LogP contribution in [-0.2, 0) is 19.6 Å². The van der Waals surface area contributed by atoms with Gasteiger partial charge in [-0.2, -0.15) is 5.10 Å². The van der Waals surface area contributed by atoms with Gasteiger partial charge in [-0.3, -0.25) is 10.00 Å². The van der Waals surface area contributed by atoms with Crippen molar-refractivity contribution in [3.63, 3.8) is 0 Å². The number of aromatic nitrogens is 5. The molecule has 0 spiro atoms. The van der Waals surface area contributed by atoms with E-state index in [1.165, 1.54) is 6.20 Å². The fourth-order valence-corrected chi connectivity index (χ4v) is 1.87. The number of aromatic amines is 1. The quantitative estimate of drug-likeness (QED) is 0.781. The maximum Gasteiger partial charge on any atom is 0.354 e. The maximum atomic E-state index is 11.0. The minimum Gasteiger partial charge on any atom is -0.477 e. The molecule has 8 heteroatoms. The summed E-state index contributed by atoms with van der Waals surface area (Å²) in [7, 11) is 1.90. The van der Waals surface area contributed by atoms with Crippen molar-refractivity contribution >= 4 is 5.97 Å². The Morgan fingerprint density at radius 1 is 1.53 bits per heavy atom. The molecule has 0 amide bonds. The lowest BCUT2D eigenvalue weighted by Crippen LogP contribution is -2.21. The van der Waals surface area contributed by atoms with Crippen LogP contribution in [0.25, 0.3) is 0 Å². The fraction of sp³-hybridized carbons (Fsp3) is 0.455. The van der Waals surface area contributed by atoms with Gasteiger partial charge < -0.3 is 9.67 Å². The first-order valence-electron chi connectivity index (χ1n) is 5.92. The third kappa shape index (κ3) is 2.97. The van der Waals surface area contributed by atoms with Crippen molar-refractivity contribution < 1.29 is 9.90 Å². The average Bonchev–Trinajstić information content (AvgIpc) is 2.97. The monoisotopic (exact) mass is 264 g/mol. The highest BCUT2D eigenvalue weighted by Gasteiger charge is 2.15. The lowest BCUT2D eigenvalue weighted by atomic mass is 10.2. The van der Waals surface area contributed by atoms with Gasteiger partial charge in [-0.05, 0) is 14.0 Å². The fourth-order valence-electron chi connectivity index (χ4n) is 1.87. The standard InChI is InChI=1S/C11H16N6O2/c1-3-17-7-13-14-9(17)6-16(2)5-8-4-12-15-10(8)11(18)19/h4,7H,3,5-6H2,1-2H3,(H,12,15)(H,18,19). The van der Waals surface area contributed by atoms with Crippen molar-refractivity contribution in [2.24, 2.45) is 0 Å². The van der Waals surface area contributed by atoms with Crippen molar-refractivity contribution in [2.75, 3.05) is 7.05 Å². The number of carbonyl (C=O) groups is 1. The topological polar surface area (TPSA) is 99.9 Å². The molecule has 0 atom stereocenters. The number of carboxylic acid groups (broad SMARTS) is 1. The van der Waals surface area contributed by atoms with Crippen LogP contribution in [0.2, 0.25) is 0 Å². The van der Waals surface area contributed by atoms with Crippen LogP contribution in [0.1, 0.15) is 28.8 Å². The normalized spacial score (nSPS) is 11.1. The molecular formula is C11H16N6O2. The molecule has 0 aromatic carbocycles. The second-order valence-corrected chi connectivity index (χ2v) is 4.28. The zero-order valence-corrected chi connectivity index (χ0v) is 10.9. The Morgan fingerprint density at radius 3 is 3.00 bits per heavy atom. The lowest BCUT2D eigenvalue weighted by molar-refractivity contribution is 0.0688. The van der Waals surface area contributed by atoms with Crippen LogP contribution in [0.4, 0.5) is 0 Å². The zero-order chi connectivity index (χ0) is 13.8. The Hall–Kier alpha value is -2.22. The summed E-state index contributed by atoms with van der Waals surface area (Å²) in [5.74, 6) is -0.150. The summed E-state index contributed by atoms with van der Waals surface area (Å²) in [6.07, 6.45) is 3.22. The van der Waals surface area contributed by atoms with Crippen molar-refractivity contribution in [2.45, 2.75) is 26.6 Å². The Balaban J connectivity index is 2.03. The Bertz CT molecular complexity index is 561. The summed E-state index contributed by atoms with van der Waals surface area (Å²) in [5.41, 5.74) is 0.779. The van der Waals surface area contributed by atoms with E-state index >= 15 is 0 Å². The second kappa shape index (κ2) is 5.61. The van der Waals surface area contributed by atoms with Gasteiger partial charge >= 0.3 is 5.97 Å². The summed E-state index contributed by atoms with van der Waals surface area (Å²) in [5, 5.41) is 23.1. The summed E-state index contributed by atoms with van der Waals surface area (Å²) in [6.45, 7) is 3.90. The zero-order valence-electron chi connectivity index (χ0n) is 10.9. The molecule has 0 radical (unpaired) electrons. The van der Waals surface area contributed by atoms with E-state index in [-0.39, 0.29) is 5.69 Å². The number of aromatic carboxylic acids is 1. The first-order valence-corrected chi connectivity index (χ1v) is 5.92. The third-order valence-corrected chi connectivity index (χ3v) is 2.82. The molecule has 2 heterocycles. The predicted octanol–water partition coefficient (Wildman–Crippen LogP) is 0.351. The molecule has 2 aromatic rings. The van der Waals surface area contributed by atoms with Crippen LogP contribution in [0.15, 0.2) is 12.5 Å². The van der Waals surface area contributed by atoms with E-state index in [4.69, 9.17) is 5.11 Å². The Labute approximate surface area is 110 Å². The van der Waals surface area contributed by atoms with Crippen LogP contribution in [0.3, 0.4) is 0 Å². The lowest BCUT2D eigenvalue weighted by Gasteiger charge is -2.15. The second-order valence-electron chi connectivity index (χ2n) is 4.28. The minimum absolute atomic E-state index is 0.129. The van der Waals surface area contributed by atoms with Crippen molar-refractivity contribution in [1.82, 2.24) is 29.9 Å². The predicted molar refractivity (Wildman–Crippen MR) is 66.4 cm³/mol. The van der Waals surface area contributed by atoms with Crippen LogP contribution in [0, 0.1) is 0 Å². The first kappa shape index (κ1) is 13.2. The average molecular weight is 264 g/mol. The Kier molecular flexibility index (Phi) is 3.91. The van der Waals surface area contributed by atoms with E-state index in [0.717, 1.165) is 12.4 Å². The number of aryl methyl sites for hydroxylation is 1. The highest BCUT2D eigenvalue weighted by atomic mass is 16.4. The van der Waals surface area contributed by atoms with E-state index in [2.05, 4.69) is 20.4 Å². The molecular weight excluding hydrogens is 248 g/mol. The molecule has 8 nitrogen and oxygen atoms in total. The molecule has 0 fully saturated rings. The van der Waals surface area contributed by atoms with Gasteiger partial charge in [0.25, 0.3) is 0 Å². The van der Waals surface area contributed by atoms with E-state index in [0.29, 0.717) is 18.7 Å². The maximum absolute atomic E-state index is 11.0. The van der Waals surface area contributed by atoms with Gasteiger partial charge in [0, 0.05) is 18.7 Å². The van der Waals surface area contributed by atoms with Gasteiger partial charge in [0.15, 0.2) is 0 Å². The molecule has 0 aliphatic carbocycles. The van der Waals surface area contributed by atoms with Crippen molar-refractivity contribution in [3.05, 3.63) is 29.6 Å². The molecule has 0 aliphatic rings. The molecule has 0 aliphatic heterocycles. The number of H-pyrrole nitrogens is 1. The molecule has 2 aromatic heterocycles. The van der Waals surface area contributed by atoms with E-state index in [1.807, 2.05) is 23.4 Å². The van der Waals surface area contributed by atoms with Crippen molar-refractivity contribution in [3.8, 4) is 0 Å². The highest BCUT2D eigenvalue weighted by molar-refractivity contribution is 5.86. The van der Waals surface area contributed by atoms with Crippen LogP contribution in [-0.4, -0.2) is 48.0 Å². The molecule has 0 unspecified atom stereocenters. The number of carboxylic acids is 1. The molecule has 0 saturated heterocycles. The minimum atomic E-state index is -1.00. The molecule has 102 valence electrons. The number of rotatable bonds is 6. The molecule has 2 rings (SSSR count). The molecule has 0 bridgehead atoms. The van der Waals surface area contributed by atoms with Crippen molar-refractivity contribution in [1.29, 1.82) is 0 Å². The van der Waals surface area contributed by atoms with Gasteiger partial charge in [-0.15, -0.1) is 10.2 Å². The number of nitrogens with zero attached hydrogens (tertiary/aromatic N) is 5. The summed E-state index contributed by atoms with van der Waals surface area (Å²) in [6, 6.07) is 0. The third-order valence-electron chi connectivity index (χ3n) is 2.82. The van der Waals surface area contributed by atoms with Gasteiger partial charge in [0.1, 0.15) is 17.8 Å². The first-order chi connectivity index (χ1) is 9.11. The van der Waals surface area contributed by atoms with Gasteiger partial charge in [-0.1, -0.05) is 0 Å². The largest absolute Gasteiger partial charge is 0.477 e. The summed E-state index contributed by atoms with van der Waals surface area (Å²) < 4.78 is 1.95. The van der Waals surface area contributed by atoms with Gasteiger partial charge in [0.05, 0.1) is 12.7 Å². The summed E-state index contributed by atoms with van der Waals surface area (Å²) >= 11 is 0. The van der Waals surface area contributed by atoms with Gasteiger partial charge in [-0.25, -0.2) is 4.79 Å². The SMILES string of the molecule is CCn1cnnc1CN(C)Cc1cn[nH]c1C(=O)O. The van der Waals surface area contributed by atoms with E-state index in [9.17, 15) is 4.79 Å². The number of hydrogen-bond donors (Lipinski definition) is 2. The van der Waals surface area contributed by atoms with Crippen LogP contribution in [0.5, 0.6) is 0 Å². The Morgan fingerprint density at radius 2 is 2.32 bits per heavy atom. The molecule has 0 saturated carbocycles. The highest BCUT2D eigenvalue weighted by Crippen LogP contribution is 2.09.